The van der Waals surface area contributed by atoms with Gasteiger partial charge in [0, 0.05) is 6.07 Å². The van der Waals surface area contributed by atoms with E-state index in [0.717, 1.165) is 43.5 Å². The average molecular weight is 264 g/mol. The van der Waals surface area contributed by atoms with Crippen molar-refractivity contribution in [2.24, 2.45) is 5.92 Å². The van der Waals surface area contributed by atoms with Gasteiger partial charge >= 0.3 is 0 Å². The zero-order valence-corrected chi connectivity index (χ0v) is 11.9. The summed E-state index contributed by atoms with van der Waals surface area (Å²) in [4.78, 5) is 0. The second kappa shape index (κ2) is 7.36. The van der Waals surface area contributed by atoms with Gasteiger partial charge in [-0.3, -0.25) is 0 Å². The Morgan fingerprint density at radius 2 is 2.21 bits per heavy atom. The van der Waals surface area contributed by atoms with E-state index >= 15 is 0 Å². The maximum Gasteiger partial charge on any atom is 0.125 e. The van der Waals surface area contributed by atoms with E-state index in [1.54, 1.807) is 14.2 Å². The van der Waals surface area contributed by atoms with Crippen LogP contribution in [0.2, 0.25) is 0 Å². The first-order chi connectivity index (χ1) is 9.33. The lowest BCUT2D eigenvalue weighted by molar-refractivity contribution is 0.390. The summed E-state index contributed by atoms with van der Waals surface area (Å²) >= 11 is 0. The fourth-order valence-corrected chi connectivity index (χ4v) is 2.48. The van der Waals surface area contributed by atoms with Crippen molar-refractivity contribution < 1.29 is 9.47 Å². The zero-order valence-electron chi connectivity index (χ0n) is 11.9. The van der Waals surface area contributed by atoms with Crippen LogP contribution >= 0.6 is 0 Å². The van der Waals surface area contributed by atoms with Gasteiger partial charge in [0.1, 0.15) is 11.5 Å². The third-order valence-corrected chi connectivity index (χ3v) is 3.66. The smallest absolute Gasteiger partial charge is 0.125 e. The summed E-state index contributed by atoms with van der Waals surface area (Å²) < 4.78 is 10.6. The lowest BCUT2D eigenvalue weighted by Gasteiger charge is -2.12. The summed E-state index contributed by atoms with van der Waals surface area (Å²) in [5.41, 5.74) is 1.22. The molecule has 1 aliphatic heterocycles. The molecule has 2 N–H and O–H groups in total. The Kier molecular flexibility index (Phi) is 5.48. The molecule has 0 amide bonds. The Labute approximate surface area is 115 Å². The van der Waals surface area contributed by atoms with E-state index in [0.29, 0.717) is 0 Å². The molecule has 0 spiro atoms. The first kappa shape index (κ1) is 14.2. The number of nitrogens with one attached hydrogen (secondary N) is 2. The number of hydrogen-bond donors (Lipinski definition) is 2. The molecule has 106 valence electrons. The van der Waals surface area contributed by atoms with Crippen LogP contribution in [0.5, 0.6) is 11.5 Å². The van der Waals surface area contributed by atoms with Crippen molar-refractivity contribution >= 4 is 0 Å². The summed E-state index contributed by atoms with van der Waals surface area (Å²) in [7, 11) is 3.38. The zero-order chi connectivity index (χ0) is 13.5. The Hall–Kier alpha value is -1.26. The second-order valence-electron chi connectivity index (χ2n) is 4.99. The second-order valence-corrected chi connectivity index (χ2v) is 4.99. The minimum Gasteiger partial charge on any atom is -0.497 e. The molecule has 1 atom stereocenters. The number of benzene rings is 1. The molecule has 1 saturated heterocycles. The molecule has 0 bridgehead atoms. The standard InChI is InChI=1S/C15H24N2O2/c1-18-14-4-3-13(15(9-14)19-2)6-8-17-11-12-5-7-16-10-12/h3-4,9,12,16-17H,5-8,10-11H2,1-2H3. The highest BCUT2D eigenvalue weighted by atomic mass is 16.5. The Balaban J connectivity index is 1.78. The minimum atomic E-state index is 0.790. The number of hydrogen-bond acceptors (Lipinski definition) is 4. The maximum atomic E-state index is 5.40. The summed E-state index contributed by atoms with van der Waals surface area (Å²) in [5, 5.41) is 6.92. The first-order valence-corrected chi connectivity index (χ1v) is 6.96. The van der Waals surface area contributed by atoms with E-state index < -0.39 is 0 Å². The Morgan fingerprint density at radius 3 is 2.89 bits per heavy atom. The van der Waals surface area contributed by atoms with Crippen molar-refractivity contribution in [3.8, 4) is 11.5 Å². The van der Waals surface area contributed by atoms with Gasteiger partial charge in [0.05, 0.1) is 14.2 Å². The van der Waals surface area contributed by atoms with Gasteiger partial charge in [-0.1, -0.05) is 6.07 Å². The third-order valence-electron chi connectivity index (χ3n) is 3.66. The SMILES string of the molecule is COc1ccc(CCNCC2CCNC2)c(OC)c1. The van der Waals surface area contributed by atoms with Gasteiger partial charge in [0.2, 0.25) is 0 Å². The molecule has 1 aliphatic rings. The normalized spacial score (nSPS) is 18.5. The van der Waals surface area contributed by atoms with Crippen molar-refractivity contribution in [3.63, 3.8) is 0 Å². The molecule has 19 heavy (non-hydrogen) atoms. The summed E-state index contributed by atoms with van der Waals surface area (Å²) in [5.74, 6) is 2.53. The van der Waals surface area contributed by atoms with Crippen molar-refractivity contribution in [1.82, 2.24) is 10.6 Å². The first-order valence-electron chi connectivity index (χ1n) is 6.96. The topological polar surface area (TPSA) is 42.5 Å². The van der Waals surface area contributed by atoms with Gasteiger partial charge in [0.15, 0.2) is 0 Å². The van der Waals surface area contributed by atoms with Crippen LogP contribution in [0.25, 0.3) is 0 Å². The van der Waals surface area contributed by atoms with Crippen LogP contribution in [0.15, 0.2) is 18.2 Å². The van der Waals surface area contributed by atoms with Gasteiger partial charge in [-0.05, 0) is 56.6 Å². The molecule has 0 saturated carbocycles. The predicted octanol–water partition coefficient (Wildman–Crippen LogP) is 1.45. The van der Waals surface area contributed by atoms with Gasteiger partial charge in [-0.2, -0.15) is 0 Å². The summed E-state index contributed by atoms with van der Waals surface area (Å²) in [6.07, 6.45) is 2.27. The highest BCUT2D eigenvalue weighted by Gasteiger charge is 2.13. The van der Waals surface area contributed by atoms with E-state index in [2.05, 4.69) is 16.7 Å². The molecule has 2 rings (SSSR count). The molecule has 1 unspecified atom stereocenters. The maximum absolute atomic E-state index is 5.40. The van der Waals surface area contributed by atoms with Gasteiger partial charge in [-0.25, -0.2) is 0 Å². The minimum absolute atomic E-state index is 0.790. The van der Waals surface area contributed by atoms with E-state index in [4.69, 9.17) is 9.47 Å². The van der Waals surface area contributed by atoms with Crippen molar-refractivity contribution in [2.75, 3.05) is 40.4 Å². The summed E-state index contributed by atoms with van der Waals surface area (Å²) in [6, 6.07) is 6.01. The molecular formula is C15H24N2O2. The molecule has 4 nitrogen and oxygen atoms in total. The highest BCUT2D eigenvalue weighted by Crippen LogP contribution is 2.24. The average Bonchev–Trinajstić information content (AvgIpc) is 2.96. The van der Waals surface area contributed by atoms with Gasteiger partial charge < -0.3 is 20.1 Å². The van der Waals surface area contributed by atoms with E-state index in [1.807, 2.05) is 12.1 Å². The van der Waals surface area contributed by atoms with Crippen LogP contribution in [0.1, 0.15) is 12.0 Å². The quantitative estimate of drug-likeness (QED) is 0.732. The van der Waals surface area contributed by atoms with Crippen molar-refractivity contribution in [2.45, 2.75) is 12.8 Å². The molecule has 0 aromatic heterocycles. The number of methoxy groups -OCH3 is 2. The predicted molar refractivity (Wildman–Crippen MR) is 77.1 cm³/mol. The molecule has 1 aromatic rings. The molecule has 0 radical (unpaired) electrons. The van der Waals surface area contributed by atoms with Gasteiger partial charge in [0.25, 0.3) is 0 Å². The van der Waals surface area contributed by atoms with Crippen LogP contribution in [0.4, 0.5) is 0 Å². The molecular weight excluding hydrogens is 240 g/mol. The van der Waals surface area contributed by atoms with Crippen molar-refractivity contribution in [1.29, 1.82) is 0 Å². The van der Waals surface area contributed by atoms with Crippen LogP contribution in [-0.4, -0.2) is 40.4 Å². The van der Waals surface area contributed by atoms with Crippen LogP contribution in [0, 0.1) is 5.92 Å². The number of rotatable bonds is 7. The fourth-order valence-electron chi connectivity index (χ4n) is 2.48. The lowest BCUT2D eigenvalue weighted by atomic mass is 10.1. The van der Waals surface area contributed by atoms with Gasteiger partial charge in [-0.15, -0.1) is 0 Å². The fraction of sp³-hybridized carbons (Fsp3) is 0.600. The Bertz CT molecular complexity index is 390. The molecule has 1 fully saturated rings. The molecule has 4 heteroatoms. The van der Waals surface area contributed by atoms with Crippen LogP contribution in [-0.2, 0) is 6.42 Å². The molecule has 1 aromatic carbocycles. The third kappa shape index (κ3) is 4.11. The lowest BCUT2D eigenvalue weighted by Crippen LogP contribution is -2.26. The molecule has 0 aliphatic carbocycles. The number of ether oxygens (including phenoxy) is 2. The largest absolute Gasteiger partial charge is 0.497 e. The monoisotopic (exact) mass is 264 g/mol. The van der Waals surface area contributed by atoms with E-state index in [9.17, 15) is 0 Å². The Morgan fingerprint density at radius 1 is 1.32 bits per heavy atom. The van der Waals surface area contributed by atoms with Crippen molar-refractivity contribution in [3.05, 3.63) is 23.8 Å². The van der Waals surface area contributed by atoms with Crippen LogP contribution in [0.3, 0.4) is 0 Å². The van der Waals surface area contributed by atoms with Crippen LogP contribution < -0.4 is 20.1 Å². The molecule has 1 heterocycles. The highest BCUT2D eigenvalue weighted by molar-refractivity contribution is 5.40. The summed E-state index contributed by atoms with van der Waals surface area (Å²) in [6.45, 7) is 4.40. The van der Waals surface area contributed by atoms with E-state index in [1.165, 1.54) is 18.5 Å². The van der Waals surface area contributed by atoms with E-state index in [-0.39, 0.29) is 0 Å².